The molecule has 0 bridgehead atoms. The Morgan fingerprint density at radius 2 is 1.68 bits per heavy atom. The Bertz CT molecular complexity index is 1590. The van der Waals surface area contributed by atoms with E-state index in [0.29, 0.717) is 5.69 Å². The molecule has 2 aromatic carbocycles. The van der Waals surface area contributed by atoms with Crippen LogP contribution in [-0.2, 0) is 32.5 Å². The van der Waals surface area contributed by atoms with Crippen molar-refractivity contribution in [3.8, 4) is 11.4 Å². The average molecular weight is 499 g/mol. The van der Waals surface area contributed by atoms with Crippen LogP contribution in [0.5, 0.6) is 0 Å². The monoisotopic (exact) mass is 498 g/mol. The van der Waals surface area contributed by atoms with Crippen molar-refractivity contribution in [1.82, 2.24) is 15.2 Å². The van der Waals surface area contributed by atoms with Gasteiger partial charge in [0, 0.05) is 10.9 Å². The topological polar surface area (TPSA) is 117 Å². The molecule has 3 heterocycles. The van der Waals surface area contributed by atoms with Crippen LogP contribution >= 0.6 is 0 Å². The van der Waals surface area contributed by atoms with Crippen LogP contribution in [-0.4, -0.2) is 47.2 Å². The minimum absolute atomic E-state index is 0.155. The Labute approximate surface area is 212 Å². The smallest absolute Gasteiger partial charge is 0.337 e. The fraction of sp³-hybridized carbons (Fsp3) is 0.286. The van der Waals surface area contributed by atoms with Crippen LogP contribution in [0.4, 0.5) is 11.4 Å². The first-order valence-corrected chi connectivity index (χ1v) is 12.1. The highest BCUT2D eigenvalue weighted by Gasteiger charge is 2.45. The molecule has 2 N–H and O–H groups in total. The molecule has 37 heavy (non-hydrogen) atoms. The lowest BCUT2D eigenvalue weighted by Gasteiger charge is -2.21. The number of aryl methyl sites for hydroxylation is 2. The van der Waals surface area contributed by atoms with Gasteiger partial charge in [-0.05, 0) is 80.1 Å². The summed E-state index contributed by atoms with van der Waals surface area (Å²) < 4.78 is 9.79. The zero-order valence-corrected chi connectivity index (χ0v) is 21.0. The van der Waals surface area contributed by atoms with Gasteiger partial charge in [-0.2, -0.15) is 5.10 Å². The number of hydrogen-bond acceptors (Lipinski definition) is 6. The summed E-state index contributed by atoms with van der Waals surface area (Å²) in [5.41, 5.74) is 6.80. The van der Waals surface area contributed by atoms with Crippen molar-refractivity contribution >= 4 is 40.1 Å². The average Bonchev–Trinajstić information content (AvgIpc) is 3.52. The molecule has 1 aliphatic carbocycles. The first-order chi connectivity index (χ1) is 17.7. The maximum atomic E-state index is 13.8. The summed E-state index contributed by atoms with van der Waals surface area (Å²) in [6, 6.07) is 8.63. The quantitative estimate of drug-likeness (QED) is 0.400. The molecule has 0 radical (unpaired) electrons. The predicted octanol–water partition coefficient (Wildman–Crippen LogP) is 4.58. The third-order valence-electron chi connectivity index (χ3n) is 7.53. The molecular formula is C28H26N4O5. The predicted molar refractivity (Wildman–Crippen MR) is 137 cm³/mol. The summed E-state index contributed by atoms with van der Waals surface area (Å²) >= 11 is 0. The Balaban J connectivity index is 1.58. The summed E-state index contributed by atoms with van der Waals surface area (Å²) in [4.78, 5) is 43.8. The fourth-order valence-electron chi connectivity index (χ4n) is 5.59. The second-order valence-corrected chi connectivity index (χ2v) is 10.0. The molecule has 6 rings (SSSR count). The molecule has 4 aromatic rings. The van der Waals surface area contributed by atoms with E-state index in [1.54, 1.807) is 17.0 Å². The van der Waals surface area contributed by atoms with Crippen molar-refractivity contribution in [2.75, 3.05) is 19.1 Å². The van der Waals surface area contributed by atoms with Crippen LogP contribution in [0.2, 0.25) is 0 Å². The molecule has 0 saturated carbocycles. The van der Waals surface area contributed by atoms with Crippen molar-refractivity contribution in [3.63, 3.8) is 0 Å². The van der Waals surface area contributed by atoms with Crippen LogP contribution < -0.4 is 4.90 Å². The molecular weight excluding hydrogens is 472 g/mol. The number of aromatic amines is 2. The summed E-state index contributed by atoms with van der Waals surface area (Å²) in [5.74, 6) is -1.38. The summed E-state index contributed by atoms with van der Waals surface area (Å²) in [5, 5.41) is 8.42. The molecule has 2 aliphatic rings. The minimum atomic E-state index is -0.835. The van der Waals surface area contributed by atoms with Crippen molar-refractivity contribution in [2.45, 2.75) is 38.5 Å². The lowest BCUT2D eigenvalue weighted by Crippen LogP contribution is -2.33. The molecule has 1 amide bonds. The van der Waals surface area contributed by atoms with E-state index in [2.05, 4.69) is 15.2 Å². The Hall–Kier alpha value is -4.40. The van der Waals surface area contributed by atoms with Gasteiger partial charge in [0.15, 0.2) is 0 Å². The number of nitrogens with one attached hydrogen (secondary N) is 2. The molecule has 1 aliphatic heterocycles. The van der Waals surface area contributed by atoms with E-state index < -0.39 is 17.4 Å². The van der Waals surface area contributed by atoms with Crippen LogP contribution in [0, 0.1) is 0 Å². The van der Waals surface area contributed by atoms with E-state index in [1.807, 2.05) is 32.2 Å². The third-order valence-corrected chi connectivity index (χ3v) is 7.53. The van der Waals surface area contributed by atoms with E-state index in [1.165, 1.54) is 31.4 Å². The lowest BCUT2D eigenvalue weighted by molar-refractivity contribution is -0.121. The first-order valence-electron chi connectivity index (χ1n) is 12.1. The second kappa shape index (κ2) is 8.06. The maximum absolute atomic E-state index is 13.8. The number of anilines is 2. The molecule has 0 fully saturated rings. The molecule has 188 valence electrons. The number of ether oxygens (including phenoxy) is 2. The highest BCUT2D eigenvalue weighted by molar-refractivity contribution is 6.15. The number of rotatable bonds is 3. The number of H-pyrrole nitrogens is 2. The standard InChI is InChI=1S/C28H26N4O5/c1-28(2)20-12-21-19(18-7-5-6-14-13-29-31-23(14)24(18)30-21)11-22(20)32(27(28)35)17-9-15(25(33)36-3)8-16(10-17)26(34)37-4/h8-13,30H,5-7H2,1-4H3,(H,29,31). The summed E-state index contributed by atoms with van der Waals surface area (Å²) in [6.07, 6.45) is 4.70. The van der Waals surface area contributed by atoms with Gasteiger partial charge in [0.05, 0.1) is 59.7 Å². The Kier molecular flexibility index (Phi) is 5.01. The highest BCUT2D eigenvalue weighted by atomic mass is 16.5. The van der Waals surface area contributed by atoms with Crippen LogP contribution in [0.25, 0.3) is 22.3 Å². The molecule has 0 spiro atoms. The largest absolute Gasteiger partial charge is 0.465 e. The van der Waals surface area contributed by atoms with E-state index in [4.69, 9.17) is 9.47 Å². The van der Waals surface area contributed by atoms with E-state index in [0.717, 1.165) is 52.8 Å². The van der Waals surface area contributed by atoms with Crippen LogP contribution in [0.1, 0.15) is 57.7 Å². The van der Waals surface area contributed by atoms with E-state index in [9.17, 15) is 14.4 Å². The molecule has 0 saturated heterocycles. The van der Waals surface area contributed by atoms with Gasteiger partial charge in [-0.15, -0.1) is 0 Å². The van der Waals surface area contributed by atoms with Crippen LogP contribution in [0.3, 0.4) is 0 Å². The number of aromatic nitrogens is 3. The summed E-state index contributed by atoms with van der Waals surface area (Å²) in [7, 11) is 2.54. The third kappa shape index (κ3) is 3.30. The minimum Gasteiger partial charge on any atom is -0.465 e. The zero-order chi connectivity index (χ0) is 26.1. The second-order valence-electron chi connectivity index (χ2n) is 10.0. The number of esters is 2. The number of hydrogen-bond donors (Lipinski definition) is 2. The zero-order valence-electron chi connectivity index (χ0n) is 21.0. The number of fused-ring (bicyclic) bond motifs is 6. The van der Waals surface area contributed by atoms with Crippen molar-refractivity contribution in [1.29, 1.82) is 0 Å². The first kappa shape index (κ1) is 23.0. The summed E-state index contributed by atoms with van der Waals surface area (Å²) in [6.45, 7) is 3.76. The number of benzene rings is 2. The molecule has 9 nitrogen and oxygen atoms in total. The molecule has 0 atom stereocenters. The fourth-order valence-corrected chi connectivity index (χ4v) is 5.59. The maximum Gasteiger partial charge on any atom is 0.337 e. The Morgan fingerprint density at radius 1 is 0.973 bits per heavy atom. The van der Waals surface area contributed by atoms with Crippen molar-refractivity contribution < 1.29 is 23.9 Å². The Morgan fingerprint density at radius 3 is 2.35 bits per heavy atom. The van der Waals surface area contributed by atoms with Gasteiger partial charge in [0.2, 0.25) is 5.91 Å². The van der Waals surface area contributed by atoms with Gasteiger partial charge in [0.25, 0.3) is 0 Å². The van der Waals surface area contributed by atoms with Crippen molar-refractivity contribution in [3.05, 3.63) is 64.3 Å². The SMILES string of the molecule is COC(=O)c1cc(C(=O)OC)cc(N2C(=O)C(C)(C)c3cc4[nH]c5c(c4cc32)CCCc2cn[nH]c2-5)c1. The highest BCUT2D eigenvalue weighted by Crippen LogP contribution is 2.49. The van der Waals surface area contributed by atoms with Gasteiger partial charge in [-0.25, -0.2) is 9.59 Å². The van der Waals surface area contributed by atoms with Gasteiger partial charge in [-0.1, -0.05) is 0 Å². The molecule has 0 unspecified atom stereocenters. The lowest BCUT2D eigenvalue weighted by atomic mass is 9.85. The number of amides is 1. The number of methoxy groups -OCH3 is 2. The van der Waals surface area contributed by atoms with Gasteiger partial charge in [-0.3, -0.25) is 14.8 Å². The van der Waals surface area contributed by atoms with E-state index in [-0.39, 0.29) is 17.0 Å². The van der Waals surface area contributed by atoms with Gasteiger partial charge < -0.3 is 14.5 Å². The number of nitrogens with zero attached hydrogens (tertiary/aromatic N) is 2. The van der Waals surface area contributed by atoms with Crippen molar-refractivity contribution in [2.24, 2.45) is 0 Å². The van der Waals surface area contributed by atoms with Gasteiger partial charge in [0.1, 0.15) is 0 Å². The normalized spacial score (nSPS) is 15.7. The molecule has 2 aromatic heterocycles. The van der Waals surface area contributed by atoms with Gasteiger partial charge >= 0.3 is 11.9 Å². The molecule has 9 heteroatoms. The van der Waals surface area contributed by atoms with Crippen LogP contribution in [0.15, 0.2) is 36.5 Å². The number of carbonyl (C=O) groups excluding carboxylic acids is 3. The van der Waals surface area contributed by atoms with E-state index >= 15 is 0 Å². The number of carbonyl (C=O) groups is 3.